The normalized spacial score (nSPS) is 23.8. The number of thioether (sulfide) groups is 1. The van der Waals surface area contributed by atoms with Gasteiger partial charge in [0.2, 0.25) is 5.91 Å². The Balaban J connectivity index is 1.69. The van der Waals surface area contributed by atoms with Crippen molar-refractivity contribution < 1.29 is 9.59 Å². The van der Waals surface area contributed by atoms with Gasteiger partial charge in [-0.25, -0.2) is 0 Å². The predicted octanol–water partition coefficient (Wildman–Crippen LogP) is 3.56. The molecule has 1 aliphatic carbocycles. The second kappa shape index (κ2) is 7.60. The van der Waals surface area contributed by atoms with Crippen molar-refractivity contribution in [1.29, 1.82) is 0 Å². The van der Waals surface area contributed by atoms with Crippen LogP contribution in [0, 0.1) is 0 Å². The number of rotatable bonds is 5. The highest BCUT2D eigenvalue weighted by Gasteiger charge is 2.30. The fourth-order valence-corrected chi connectivity index (χ4v) is 4.89. The van der Waals surface area contributed by atoms with Gasteiger partial charge < -0.3 is 9.80 Å². The summed E-state index contributed by atoms with van der Waals surface area (Å²) in [5.74, 6) is 1.36. The van der Waals surface area contributed by atoms with Gasteiger partial charge in [0.1, 0.15) is 0 Å². The Hall–Kier alpha value is -1.49. The number of nitrogens with zero attached hydrogens (tertiary/aromatic N) is 2. The molecule has 3 rings (SSSR count). The molecule has 0 bridgehead atoms. The van der Waals surface area contributed by atoms with E-state index in [1.807, 2.05) is 48.0 Å². The summed E-state index contributed by atoms with van der Waals surface area (Å²) in [4.78, 5) is 28.5. The Labute approximate surface area is 148 Å². The molecule has 2 atom stereocenters. The molecule has 5 heteroatoms. The molecule has 4 nitrogen and oxygen atoms in total. The number of carbonyl (C=O) groups is 2. The first kappa shape index (κ1) is 17.3. The lowest BCUT2D eigenvalue weighted by molar-refractivity contribution is -0.117. The molecule has 1 aromatic rings. The van der Waals surface area contributed by atoms with Crippen molar-refractivity contribution in [2.24, 2.45) is 0 Å². The van der Waals surface area contributed by atoms with Crippen LogP contribution in [-0.4, -0.2) is 47.4 Å². The van der Waals surface area contributed by atoms with Crippen LogP contribution in [0.3, 0.4) is 0 Å². The summed E-state index contributed by atoms with van der Waals surface area (Å²) in [5.41, 5.74) is 1.53. The zero-order valence-corrected chi connectivity index (χ0v) is 15.3. The first-order chi connectivity index (χ1) is 11.6. The monoisotopic (exact) mass is 346 g/mol. The topological polar surface area (TPSA) is 40.6 Å². The van der Waals surface area contributed by atoms with E-state index < -0.39 is 0 Å². The Morgan fingerprint density at radius 2 is 2.21 bits per heavy atom. The van der Waals surface area contributed by atoms with Crippen molar-refractivity contribution in [2.75, 3.05) is 24.2 Å². The van der Waals surface area contributed by atoms with Crippen molar-refractivity contribution in [2.45, 2.75) is 50.3 Å². The van der Waals surface area contributed by atoms with Crippen molar-refractivity contribution in [3.63, 3.8) is 0 Å². The van der Waals surface area contributed by atoms with E-state index >= 15 is 0 Å². The number of anilines is 1. The van der Waals surface area contributed by atoms with Crippen molar-refractivity contribution in [1.82, 2.24) is 4.90 Å². The Morgan fingerprint density at radius 3 is 2.92 bits per heavy atom. The van der Waals surface area contributed by atoms with Gasteiger partial charge >= 0.3 is 0 Å². The number of hydrogen-bond acceptors (Lipinski definition) is 3. The summed E-state index contributed by atoms with van der Waals surface area (Å²) >= 11 is 2.00. The molecule has 2 aliphatic rings. The maximum atomic E-state index is 12.9. The summed E-state index contributed by atoms with van der Waals surface area (Å²) in [6.07, 6.45) is 4.88. The van der Waals surface area contributed by atoms with Crippen LogP contribution in [0.5, 0.6) is 0 Å². The minimum atomic E-state index is 0.0654. The molecule has 1 heterocycles. The Bertz CT molecular complexity index is 619. The zero-order chi connectivity index (χ0) is 17.1. The third-order valence-corrected chi connectivity index (χ3v) is 6.34. The molecule has 0 aromatic heterocycles. The largest absolute Gasteiger partial charge is 0.339 e. The minimum absolute atomic E-state index is 0.0654. The third-order valence-electron chi connectivity index (χ3n) is 5.11. The van der Waals surface area contributed by atoms with Crippen molar-refractivity contribution >= 4 is 29.3 Å². The molecule has 0 N–H and O–H groups in total. The molecule has 130 valence electrons. The van der Waals surface area contributed by atoms with Crippen LogP contribution >= 0.6 is 11.8 Å². The first-order valence-electron chi connectivity index (χ1n) is 8.89. The molecule has 2 amide bonds. The van der Waals surface area contributed by atoms with Gasteiger partial charge in [0, 0.05) is 42.6 Å². The lowest BCUT2D eigenvalue weighted by Gasteiger charge is -2.25. The maximum absolute atomic E-state index is 12.9. The van der Waals surface area contributed by atoms with Gasteiger partial charge in [-0.1, -0.05) is 13.0 Å². The number of amides is 2. The molecule has 1 aliphatic heterocycles. The van der Waals surface area contributed by atoms with Gasteiger partial charge in [-0.2, -0.15) is 11.8 Å². The predicted molar refractivity (Wildman–Crippen MR) is 99.7 cm³/mol. The summed E-state index contributed by atoms with van der Waals surface area (Å²) in [5, 5.41) is 0.684. The molecule has 2 fully saturated rings. The van der Waals surface area contributed by atoms with Crippen LogP contribution in [0.15, 0.2) is 24.3 Å². The average Bonchev–Trinajstić information content (AvgIpc) is 3.23. The van der Waals surface area contributed by atoms with Crippen LogP contribution in [0.2, 0.25) is 0 Å². The van der Waals surface area contributed by atoms with E-state index in [0.29, 0.717) is 23.3 Å². The average molecular weight is 346 g/mol. The van der Waals surface area contributed by atoms with E-state index in [0.717, 1.165) is 37.2 Å². The van der Waals surface area contributed by atoms with Crippen LogP contribution in [0.25, 0.3) is 0 Å². The van der Waals surface area contributed by atoms with Crippen LogP contribution < -0.4 is 4.90 Å². The van der Waals surface area contributed by atoms with E-state index in [9.17, 15) is 9.59 Å². The number of benzene rings is 1. The number of carbonyl (C=O) groups excluding carboxylic acids is 2. The second-order valence-corrected chi connectivity index (χ2v) is 8.24. The fourth-order valence-electron chi connectivity index (χ4n) is 3.75. The van der Waals surface area contributed by atoms with Crippen molar-refractivity contribution in [3.8, 4) is 0 Å². The maximum Gasteiger partial charge on any atom is 0.253 e. The number of hydrogen-bond donors (Lipinski definition) is 0. The van der Waals surface area contributed by atoms with E-state index in [4.69, 9.17) is 0 Å². The van der Waals surface area contributed by atoms with Crippen molar-refractivity contribution in [3.05, 3.63) is 29.8 Å². The highest BCUT2D eigenvalue weighted by molar-refractivity contribution is 7.99. The molecule has 24 heavy (non-hydrogen) atoms. The zero-order valence-electron chi connectivity index (χ0n) is 14.5. The highest BCUT2D eigenvalue weighted by atomic mass is 32.2. The van der Waals surface area contributed by atoms with Gasteiger partial charge in [-0.3, -0.25) is 9.59 Å². The summed E-state index contributed by atoms with van der Waals surface area (Å²) < 4.78 is 0. The Kier molecular flexibility index (Phi) is 5.49. The van der Waals surface area contributed by atoms with Crippen LogP contribution in [0.1, 0.15) is 49.4 Å². The van der Waals surface area contributed by atoms with E-state index in [1.54, 1.807) is 4.90 Å². The minimum Gasteiger partial charge on any atom is -0.339 e. The molecule has 2 unspecified atom stereocenters. The highest BCUT2D eigenvalue weighted by Crippen LogP contribution is 2.33. The fraction of sp³-hybridized carbons (Fsp3) is 0.579. The SMILES string of the molecule is CCSC1CCC(N(C)C(=O)c2cccc(N3CCCC3=O)c2)C1. The smallest absolute Gasteiger partial charge is 0.253 e. The lowest BCUT2D eigenvalue weighted by atomic mass is 10.1. The molecule has 0 spiro atoms. The summed E-state index contributed by atoms with van der Waals surface area (Å²) in [7, 11) is 1.92. The second-order valence-electron chi connectivity index (χ2n) is 6.66. The lowest BCUT2D eigenvalue weighted by Crippen LogP contribution is -2.35. The molecule has 1 saturated heterocycles. The quantitative estimate of drug-likeness (QED) is 0.818. The van der Waals surface area contributed by atoms with Gasteiger partial charge in [0.15, 0.2) is 0 Å². The molecular formula is C19H26N2O2S. The van der Waals surface area contributed by atoms with E-state index in [-0.39, 0.29) is 11.8 Å². The summed E-state index contributed by atoms with van der Waals surface area (Å²) in [6, 6.07) is 7.86. The van der Waals surface area contributed by atoms with Crippen LogP contribution in [0.4, 0.5) is 5.69 Å². The summed E-state index contributed by atoms with van der Waals surface area (Å²) in [6.45, 7) is 2.95. The molecule has 0 radical (unpaired) electrons. The van der Waals surface area contributed by atoms with Gasteiger partial charge in [0.25, 0.3) is 5.91 Å². The van der Waals surface area contributed by atoms with E-state index in [2.05, 4.69) is 6.92 Å². The molecule has 1 aromatic carbocycles. The van der Waals surface area contributed by atoms with Crippen LogP contribution in [-0.2, 0) is 4.79 Å². The standard InChI is InChI=1S/C19H26N2O2S/c1-3-24-17-10-9-15(13-17)20(2)19(23)14-6-4-7-16(12-14)21-11-5-8-18(21)22/h4,6-7,12,15,17H,3,5,8-11,13H2,1-2H3. The third kappa shape index (κ3) is 3.61. The first-order valence-corrected chi connectivity index (χ1v) is 9.94. The molecular weight excluding hydrogens is 320 g/mol. The van der Waals surface area contributed by atoms with Gasteiger partial charge in [0.05, 0.1) is 0 Å². The van der Waals surface area contributed by atoms with Gasteiger partial charge in [-0.15, -0.1) is 0 Å². The van der Waals surface area contributed by atoms with Gasteiger partial charge in [-0.05, 0) is 49.6 Å². The van der Waals surface area contributed by atoms with E-state index in [1.165, 1.54) is 6.42 Å². The molecule has 1 saturated carbocycles. The Morgan fingerprint density at radius 1 is 1.38 bits per heavy atom.